The van der Waals surface area contributed by atoms with Gasteiger partial charge in [-0.3, -0.25) is 14.8 Å². The Balaban J connectivity index is 1.85. The first-order valence-corrected chi connectivity index (χ1v) is 10.1. The quantitative estimate of drug-likeness (QED) is 0.248. The monoisotopic (exact) mass is 424 g/mol. The summed E-state index contributed by atoms with van der Waals surface area (Å²) in [6.45, 7) is 7.70. The Morgan fingerprint density at radius 3 is 2.60 bits per heavy atom. The smallest absolute Gasteiger partial charge is 0.275 e. The van der Waals surface area contributed by atoms with Crippen LogP contribution in [0.25, 0.3) is 10.4 Å². The number of hydrogen-bond acceptors (Lipinski definition) is 8. The van der Waals surface area contributed by atoms with E-state index in [0.717, 1.165) is 21.0 Å². The van der Waals surface area contributed by atoms with Crippen molar-refractivity contribution in [2.75, 3.05) is 5.32 Å². The molecule has 0 aromatic carbocycles. The predicted molar refractivity (Wildman–Crippen MR) is 119 cm³/mol. The summed E-state index contributed by atoms with van der Waals surface area (Å²) in [4.78, 5) is 26.7. The average Bonchev–Trinajstić information content (AvgIpc) is 3.15. The summed E-state index contributed by atoms with van der Waals surface area (Å²) in [5, 5.41) is 8.88. The molecule has 0 aliphatic rings. The predicted octanol–water partition coefficient (Wildman–Crippen LogP) is 2.67. The fourth-order valence-electron chi connectivity index (χ4n) is 2.72. The van der Waals surface area contributed by atoms with Gasteiger partial charge in [0.05, 0.1) is 9.88 Å². The fourth-order valence-corrected chi connectivity index (χ4v) is 3.58. The SMILES string of the molecule is Cc1ncc(-c2cc(C(=O)Nc3cccc(/C(=N/N)N(N)C(C)C)n3)ncc2C)s1. The van der Waals surface area contributed by atoms with Gasteiger partial charge in [0.2, 0.25) is 0 Å². The Kier molecular flexibility index (Phi) is 6.38. The lowest BCUT2D eigenvalue weighted by atomic mass is 10.1. The zero-order valence-electron chi connectivity index (χ0n) is 17.2. The van der Waals surface area contributed by atoms with E-state index in [1.54, 1.807) is 48.0 Å². The molecule has 5 N–H and O–H groups in total. The van der Waals surface area contributed by atoms with Crippen LogP contribution in [-0.4, -0.2) is 37.7 Å². The van der Waals surface area contributed by atoms with Crippen molar-refractivity contribution in [2.45, 2.75) is 33.7 Å². The summed E-state index contributed by atoms with van der Waals surface area (Å²) >= 11 is 1.57. The maximum Gasteiger partial charge on any atom is 0.275 e. The van der Waals surface area contributed by atoms with Gasteiger partial charge in [-0.05, 0) is 51.5 Å². The average molecular weight is 425 g/mol. The first-order chi connectivity index (χ1) is 14.3. The lowest BCUT2D eigenvalue weighted by molar-refractivity contribution is 0.102. The number of hydrogen-bond donors (Lipinski definition) is 3. The van der Waals surface area contributed by atoms with Crippen molar-refractivity contribution < 1.29 is 4.79 Å². The maximum absolute atomic E-state index is 12.8. The van der Waals surface area contributed by atoms with Crippen LogP contribution in [0.2, 0.25) is 0 Å². The van der Waals surface area contributed by atoms with Gasteiger partial charge in [0, 0.05) is 24.0 Å². The molecule has 0 radical (unpaired) electrons. The Bertz CT molecular complexity index is 1090. The first-order valence-electron chi connectivity index (χ1n) is 9.30. The molecule has 3 aromatic heterocycles. The zero-order chi connectivity index (χ0) is 21.8. The highest BCUT2D eigenvalue weighted by atomic mass is 32.1. The first kappa shape index (κ1) is 21.3. The second-order valence-electron chi connectivity index (χ2n) is 6.94. The number of rotatable bonds is 5. The van der Waals surface area contributed by atoms with Crippen molar-refractivity contribution in [3.63, 3.8) is 0 Å². The molecule has 3 heterocycles. The summed E-state index contributed by atoms with van der Waals surface area (Å²) in [5.74, 6) is 11.8. The summed E-state index contributed by atoms with van der Waals surface area (Å²) in [7, 11) is 0. The molecule has 9 nitrogen and oxygen atoms in total. The molecule has 0 fully saturated rings. The molecular weight excluding hydrogens is 400 g/mol. The summed E-state index contributed by atoms with van der Waals surface area (Å²) in [6, 6.07) is 6.86. The van der Waals surface area contributed by atoms with Gasteiger partial charge < -0.3 is 11.2 Å². The number of aromatic nitrogens is 3. The van der Waals surface area contributed by atoms with Crippen molar-refractivity contribution in [3.05, 3.63) is 58.6 Å². The van der Waals surface area contributed by atoms with Gasteiger partial charge in [-0.25, -0.2) is 15.8 Å². The highest BCUT2D eigenvalue weighted by Gasteiger charge is 2.17. The standard InChI is InChI=1S/C20H24N8OS/c1-11(2)28(22)19(27-21)15-6-5-7-18(25-15)26-20(29)16-8-14(12(3)9-24-16)17-10-23-13(4)30-17/h5-11H,21-22H2,1-4H3,(H,25,26,29)/b27-19-. The number of carbonyl (C=O) groups is 1. The van der Waals surface area contributed by atoms with Crippen LogP contribution < -0.4 is 17.0 Å². The number of aryl methyl sites for hydroxylation is 2. The van der Waals surface area contributed by atoms with E-state index in [4.69, 9.17) is 11.7 Å². The molecule has 3 aromatic rings. The van der Waals surface area contributed by atoms with Crippen LogP contribution in [0.3, 0.4) is 0 Å². The molecule has 0 aliphatic carbocycles. The minimum Gasteiger partial charge on any atom is -0.321 e. The molecule has 1 amide bonds. The molecule has 3 rings (SSSR count). The molecule has 0 spiro atoms. The van der Waals surface area contributed by atoms with E-state index >= 15 is 0 Å². The Morgan fingerprint density at radius 1 is 1.20 bits per heavy atom. The number of carbonyl (C=O) groups excluding carboxylic acids is 1. The number of nitrogens with one attached hydrogen (secondary N) is 1. The lowest BCUT2D eigenvalue weighted by Gasteiger charge is -2.23. The van der Waals surface area contributed by atoms with E-state index in [1.165, 1.54) is 5.01 Å². The minimum atomic E-state index is -0.373. The van der Waals surface area contributed by atoms with Gasteiger partial charge in [-0.2, -0.15) is 5.10 Å². The number of nitrogens with zero attached hydrogens (tertiary/aromatic N) is 5. The third-order valence-corrected chi connectivity index (χ3v) is 5.31. The van der Waals surface area contributed by atoms with Crippen LogP contribution >= 0.6 is 11.3 Å². The lowest BCUT2D eigenvalue weighted by Crippen LogP contribution is -2.44. The van der Waals surface area contributed by atoms with Crippen molar-refractivity contribution in [2.24, 2.45) is 16.8 Å². The number of anilines is 1. The minimum absolute atomic E-state index is 0.0297. The van der Waals surface area contributed by atoms with E-state index in [-0.39, 0.29) is 17.6 Å². The number of thiazole rings is 1. The molecule has 0 unspecified atom stereocenters. The van der Waals surface area contributed by atoms with Gasteiger partial charge in [0.25, 0.3) is 5.91 Å². The summed E-state index contributed by atoms with van der Waals surface area (Å²) in [6.07, 6.45) is 3.48. The van der Waals surface area contributed by atoms with Crippen LogP contribution in [0.15, 0.2) is 41.8 Å². The number of hydrazone groups is 1. The van der Waals surface area contributed by atoms with Crippen molar-refractivity contribution in [1.82, 2.24) is 20.0 Å². The van der Waals surface area contributed by atoms with Crippen LogP contribution in [-0.2, 0) is 0 Å². The van der Waals surface area contributed by atoms with Gasteiger partial charge in [-0.15, -0.1) is 11.3 Å². The van der Waals surface area contributed by atoms with Crippen LogP contribution in [0.4, 0.5) is 5.82 Å². The van der Waals surface area contributed by atoms with E-state index < -0.39 is 0 Å². The highest BCUT2D eigenvalue weighted by molar-refractivity contribution is 7.15. The van der Waals surface area contributed by atoms with Gasteiger partial charge in [0.1, 0.15) is 17.2 Å². The number of amidine groups is 1. The van der Waals surface area contributed by atoms with Crippen molar-refractivity contribution in [1.29, 1.82) is 0 Å². The van der Waals surface area contributed by atoms with Crippen LogP contribution in [0.1, 0.15) is 40.6 Å². The fraction of sp³-hybridized carbons (Fsp3) is 0.250. The normalized spacial score (nSPS) is 11.6. The van der Waals surface area contributed by atoms with Crippen molar-refractivity contribution in [3.8, 4) is 10.4 Å². The van der Waals surface area contributed by atoms with Gasteiger partial charge in [-0.1, -0.05) is 6.07 Å². The van der Waals surface area contributed by atoms with E-state index in [2.05, 4.69) is 25.4 Å². The zero-order valence-corrected chi connectivity index (χ0v) is 18.1. The topological polar surface area (TPSA) is 135 Å². The molecule has 0 bridgehead atoms. The third-order valence-electron chi connectivity index (χ3n) is 4.37. The van der Waals surface area contributed by atoms with E-state index in [9.17, 15) is 4.79 Å². The van der Waals surface area contributed by atoms with Crippen LogP contribution in [0.5, 0.6) is 0 Å². The number of amides is 1. The Hall–Kier alpha value is -3.37. The molecule has 156 valence electrons. The third kappa shape index (κ3) is 4.61. The second-order valence-corrected chi connectivity index (χ2v) is 8.18. The largest absolute Gasteiger partial charge is 0.321 e. The number of hydrazine groups is 1. The molecule has 10 heteroatoms. The highest BCUT2D eigenvalue weighted by Crippen LogP contribution is 2.28. The summed E-state index contributed by atoms with van der Waals surface area (Å²) in [5.41, 5.74) is 2.62. The molecule has 0 saturated carbocycles. The Morgan fingerprint density at radius 2 is 1.97 bits per heavy atom. The molecule has 30 heavy (non-hydrogen) atoms. The van der Waals surface area contributed by atoms with Crippen molar-refractivity contribution >= 4 is 28.9 Å². The van der Waals surface area contributed by atoms with Crippen LogP contribution in [0, 0.1) is 13.8 Å². The molecule has 0 atom stereocenters. The number of nitrogens with two attached hydrogens (primary N) is 2. The van der Waals surface area contributed by atoms with E-state index in [1.807, 2.05) is 27.7 Å². The van der Waals surface area contributed by atoms with Gasteiger partial charge >= 0.3 is 0 Å². The molecule has 0 aliphatic heterocycles. The van der Waals surface area contributed by atoms with E-state index in [0.29, 0.717) is 17.3 Å². The Labute approximate surface area is 178 Å². The van der Waals surface area contributed by atoms with Gasteiger partial charge in [0.15, 0.2) is 5.84 Å². The maximum atomic E-state index is 12.8. The second kappa shape index (κ2) is 8.97. The molecular formula is C20H24N8OS. The molecule has 0 saturated heterocycles. The number of pyridine rings is 2. The summed E-state index contributed by atoms with van der Waals surface area (Å²) < 4.78 is 0.